The largest absolute Gasteiger partial charge is 0.507 e. The Bertz CT molecular complexity index is 1460. The summed E-state index contributed by atoms with van der Waals surface area (Å²) in [4.78, 5) is 41.3. The number of methoxy groups -OCH3 is 2. The van der Waals surface area contributed by atoms with Crippen LogP contribution in [0.4, 0.5) is 11.4 Å². The van der Waals surface area contributed by atoms with Crippen LogP contribution in [0.5, 0.6) is 11.5 Å². The van der Waals surface area contributed by atoms with Gasteiger partial charge in [0.05, 0.1) is 42.8 Å². The first kappa shape index (κ1) is 27.5. The minimum atomic E-state index is -0.989. The lowest BCUT2D eigenvalue weighted by Crippen LogP contribution is -2.29. The van der Waals surface area contributed by atoms with E-state index in [1.54, 1.807) is 36.4 Å². The molecule has 0 radical (unpaired) electrons. The number of benzene rings is 3. The number of hydrogen-bond acceptors (Lipinski definition) is 7. The van der Waals surface area contributed by atoms with Gasteiger partial charge in [0.1, 0.15) is 17.3 Å². The Morgan fingerprint density at radius 3 is 2.10 bits per heavy atom. The Balaban J connectivity index is 1.94. The van der Waals surface area contributed by atoms with Crippen LogP contribution in [0.1, 0.15) is 22.7 Å². The molecule has 1 saturated heterocycles. The zero-order valence-electron chi connectivity index (χ0n) is 21.8. The molecule has 0 aromatic heterocycles. The molecule has 3 aromatic carbocycles. The number of halogens is 1. The highest BCUT2D eigenvalue weighted by atomic mass is 35.5. The van der Waals surface area contributed by atoms with Crippen LogP contribution in [0.25, 0.3) is 5.76 Å². The summed E-state index contributed by atoms with van der Waals surface area (Å²) in [5.41, 5.74) is 2.37. The Labute approximate surface area is 230 Å². The zero-order valence-corrected chi connectivity index (χ0v) is 22.5. The number of aliphatic hydroxyl groups excluding tert-OH is 1. The van der Waals surface area contributed by atoms with Crippen molar-refractivity contribution in [3.05, 3.63) is 87.9 Å². The lowest BCUT2D eigenvalue weighted by molar-refractivity contribution is -0.136. The number of amides is 1. The minimum Gasteiger partial charge on any atom is -0.507 e. The maximum atomic E-state index is 13.5. The highest BCUT2D eigenvalue weighted by molar-refractivity contribution is 6.51. The van der Waals surface area contributed by atoms with Gasteiger partial charge in [-0.2, -0.15) is 0 Å². The summed E-state index contributed by atoms with van der Waals surface area (Å²) in [7, 11) is 6.58. The van der Waals surface area contributed by atoms with E-state index in [4.69, 9.17) is 26.2 Å². The Morgan fingerprint density at radius 1 is 0.949 bits per heavy atom. The van der Waals surface area contributed by atoms with Crippen molar-refractivity contribution in [2.45, 2.75) is 12.5 Å². The molecule has 10 heteroatoms. The van der Waals surface area contributed by atoms with Gasteiger partial charge >= 0.3 is 5.97 Å². The summed E-state index contributed by atoms with van der Waals surface area (Å²) in [5, 5.41) is 20.9. The number of anilines is 2. The summed E-state index contributed by atoms with van der Waals surface area (Å²) < 4.78 is 10.7. The van der Waals surface area contributed by atoms with Crippen molar-refractivity contribution in [3.63, 3.8) is 0 Å². The molecule has 0 saturated carbocycles. The fourth-order valence-electron chi connectivity index (χ4n) is 4.51. The molecule has 1 amide bonds. The van der Waals surface area contributed by atoms with Crippen LogP contribution in [0, 0.1) is 0 Å². The third-order valence-corrected chi connectivity index (χ3v) is 6.76. The zero-order chi connectivity index (χ0) is 28.4. The highest BCUT2D eigenvalue weighted by Crippen LogP contribution is 2.45. The first-order chi connectivity index (χ1) is 18.6. The molecule has 3 aromatic rings. The molecule has 0 bridgehead atoms. The summed E-state index contributed by atoms with van der Waals surface area (Å²) in [5.74, 6) is -2.74. The molecule has 0 spiro atoms. The van der Waals surface area contributed by atoms with Gasteiger partial charge in [0.15, 0.2) is 0 Å². The molecule has 1 unspecified atom stereocenters. The number of aliphatic hydroxyl groups is 1. The maximum Gasteiger partial charge on any atom is 0.307 e. The monoisotopic (exact) mass is 550 g/mol. The van der Waals surface area contributed by atoms with E-state index in [0.29, 0.717) is 16.8 Å². The maximum absolute atomic E-state index is 13.5. The molecular formula is C29H27ClN2O7. The molecule has 9 nitrogen and oxygen atoms in total. The van der Waals surface area contributed by atoms with Crippen molar-refractivity contribution in [2.75, 3.05) is 38.1 Å². The van der Waals surface area contributed by atoms with Gasteiger partial charge in [0.2, 0.25) is 0 Å². The predicted molar refractivity (Wildman–Crippen MR) is 148 cm³/mol. The number of carboxylic acid groups (broad SMARTS) is 1. The van der Waals surface area contributed by atoms with Crippen LogP contribution in [0.3, 0.4) is 0 Å². The van der Waals surface area contributed by atoms with Gasteiger partial charge in [-0.05, 0) is 41.5 Å². The van der Waals surface area contributed by atoms with Crippen molar-refractivity contribution >= 4 is 46.4 Å². The fourth-order valence-corrected chi connectivity index (χ4v) is 4.74. The van der Waals surface area contributed by atoms with E-state index in [-0.39, 0.29) is 34.1 Å². The van der Waals surface area contributed by atoms with Gasteiger partial charge in [0.25, 0.3) is 11.7 Å². The Hall–Kier alpha value is -4.50. The van der Waals surface area contributed by atoms with Gasteiger partial charge in [-0.15, -0.1) is 0 Å². The van der Waals surface area contributed by atoms with Gasteiger partial charge in [-0.3, -0.25) is 19.3 Å². The van der Waals surface area contributed by atoms with Crippen molar-refractivity contribution in [1.82, 2.24) is 0 Å². The lowest BCUT2D eigenvalue weighted by atomic mass is 9.94. The average molecular weight is 551 g/mol. The normalized spacial score (nSPS) is 16.3. The van der Waals surface area contributed by atoms with Crippen molar-refractivity contribution in [3.8, 4) is 11.5 Å². The van der Waals surface area contributed by atoms with Crippen LogP contribution in [0.2, 0.25) is 5.02 Å². The second-order valence-corrected chi connectivity index (χ2v) is 9.49. The van der Waals surface area contributed by atoms with Crippen LogP contribution in [0.15, 0.2) is 66.2 Å². The SMILES string of the molecule is COc1cc(/C(O)=C2\C(=O)C(=O)N(c3ccc(CC(=O)O)cc3)C2c2ccc(N(C)C)cc2)c(OC)cc1Cl. The quantitative estimate of drug-likeness (QED) is 0.236. The standard InChI is InChI=1S/C29H27ClN2O7/c1-31(2)18-11-7-17(8-12-18)26-25(27(35)20-14-23(39-4)21(30)15-22(20)38-3)28(36)29(37)32(26)19-9-5-16(6-10-19)13-24(33)34/h5-12,14-15,26,35H,13H2,1-4H3,(H,33,34)/b27-25+. The van der Waals surface area contributed by atoms with Gasteiger partial charge in [-0.1, -0.05) is 35.9 Å². The minimum absolute atomic E-state index is 0.128. The summed E-state index contributed by atoms with van der Waals surface area (Å²) >= 11 is 6.24. The number of rotatable bonds is 8. The van der Waals surface area contributed by atoms with Gasteiger partial charge < -0.3 is 24.6 Å². The number of carboxylic acids is 1. The molecular weight excluding hydrogens is 524 g/mol. The van der Waals surface area contributed by atoms with E-state index < -0.39 is 29.5 Å². The molecule has 1 aliphatic rings. The number of hydrogen-bond donors (Lipinski definition) is 2. The van der Waals surface area contributed by atoms with Crippen molar-refractivity contribution in [1.29, 1.82) is 0 Å². The molecule has 1 atom stereocenters. The summed E-state index contributed by atoms with van der Waals surface area (Å²) in [6.45, 7) is 0. The Morgan fingerprint density at radius 2 is 1.56 bits per heavy atom. The van der Waals surface area contributed by atoms with Crippen LogP contribution in [-0.4, -0.2) is 56.2 Å². The molecule has 4 rings (SSSR count). The first-order valence-corrected chi connectivity index (χ1v) is 12.3. The van der Waals surface area contributed by atoms with Crippen LogP contribution in [-0.2, 0) is 20.8 Å². The third kappa shape index (κ3) is 5.26. The number of carbonyl (C=O) groups excluding carboxylic acids is 2. The highest BCUT2D eigenvalue weighted by Gasteiger charge is 2.47. The smallest absolute Gasteiger partial charge is 0.307 e. The topological polar surface area (TPSA) is 117 Å². The van der Waals surface area contributed by atoms with E-state index >= 15 is 0 Å². The molecule has 1 heterocycles. The summed E-state index contributed by atoms with van der Waals surface area (Å²) in [6, 6.07) is 15.5. The molecule has 1 aliphatic heterocycles. The number of ketones is 1. The van der Waals surface area contributed by atoms with E-state index in [9.17, 15) is 19.5 Å². The van der Waals surface area contributed by atoms with Crippen LogP contribution < -0.4 is 19.3 Å². The van der Waals surface area contributed by atoms with Crippen molar-refractivity contribution < 1.29 is 34.1 Å². The third-order valence-electron chi connectivity index (χ3n) is 6.47. The number of carbonyl (C=O) groups is 3. The Kier molecular flexibility index (Phi) is 7.83. The number of Topliss-reactive ketones (excluding diaryl/α,β-unsaturated/α-hetero) is 1. The molecule has 0 aliphatic carbocycles. The van der Waals surface area contributed by atoms with E-state index in [1.807, 2.05) is 31.1 Å². The second-order valence-electron chi connectivity index (χ2n) is 9.08. The molecule has 39 heavy (non-hydrogen) atoms. The van der Waals surface area contributed by atoms with Crippen LogP contribution >= 0.6 is 11.6 Å². The van der Waals surface area contributed by atoms with Gasteiger partial charge in [0, 0.05) is 31.5 Å². The first-order valence-electron chi connectivity index (χ1n) is 11.9. The number of aliphatic carboxylic acids is 1. The second kappa shape index (κ2) is 11.1. The average Bonchev–Trinajstić information content (AvgIpc) is 3.18. The van der Waals surface area contributed by atoms with E-state index in [2.05, 4.69) is 0 Å². The van der Waals surface area contributed by atoms with Gasteiger partial charge in [-0.25, -0.2) is 0 Å². The molecule has 1 fully saturated rings. The van der Waals surface area contributed by atoms with E-state index in [0.717, 1.165) is 5.69 Å². The fraction of sp³-hybridized carbons (Fsp3) is 0.207. The lowest BCUT2D eigenvalue weighted by Gasteiger charge is -2.26. The number of ether oxygens (including phenoxy) is 2. The molecule has 202 valence electrons. The van der Waals surface area contributed by atoms with Crippen molar-refractivity contribution in [2.24, 2.45) is 0 Å². The number of nitrogens with zero attached hydrogens (tertiary/aromatic N) is 2. The van der Waals surface area contributed by atoms with E-state index in [1.165, 1.54) is 31.3 Å². The predicted octanol–water partition coefficient (Wildman–Crippen LogP) is 4.68. The molecule has 2 N–H and O–H groups in total. The summed E-state index contributed by atoms with van der Waals surface area (Å²) in [6.07, 6.45) is -0.188.